The number of carbonyl (C=O) groups excluding carboxylic acids is 3. The molecule has 0 radical (unpaired) electrons. The van der Waals surface area contributed by atoms with Crippen LogP contribution < -0.4 is 31.8 Å². The van der Waals surface area contributed by atoms with E-state index >= 15 is 4.39 Å². The molecule has 3 aromatic carbocycles. The van der Waals surface area contributed by atoms with Crippen LogP contribution in [0.15, 0.2) is 155 Å². The second kappa shape index (κ2) is 40.0. The van der Waals surface area contributed by atoms with Gasteiger partial charge in [0.25, 0.3) is 33.7 Å². The van der Waals surface area contributed by atoms with Gasteiger partial charge in [-0.3, -0.25) is 47.8 Å². The van der Waals surface area contributed by atoms with Crippen LogP contribution in [0.2, 0.25) is 15.1 Å². The zero-order valence-electron chi connectivity index (χ0n) is 74.7. The summed E-state index contributed by atoms with van der Waals surface area (Å²) in [6.45, 7) is 61.7. The summed E-state index contributed by atoms with van der Waals surface area (Å²) in [7, 11) is 0. The van der Waals surface area contributed by atoms with Gasteiger partial charge < -0.3 is 44.4 Å². The lowest BCUT2D eigenvalue weighted by molar-refractivity contribution is -0.126. The molecule has 3 aliphatic rings. The van der Waals surface area contributed by atoms with Gasteiger partial charge in [-0.15, -0.1) is 0 Å². The van der Waals surface area contributed by atoms with Crippen LogP contribution in [0.3, 0.4) is 0 Å². The average Bonchev–Trinajstić information content (AvgIpc) is 0.734. The van der Waals surface area contributed by atoms with E-state index in [1.54, 1.807) is 112 Å². The van der Waals surface area contributed by atoms with Crippen LogP contribution in [0.5, 0.6) is 5.75 Å². The van der Waals surface area contributed by atoms with Crippen LogP contribution in [0.1, 0.15) is 135 Å². The first kappa shape index (κ1) is 95.5. The quantitative estimate of drug-likeness (QED) is 0.0849. The van der Waals surface area contributed by atoms with E-state index < -0.39 is 57.3 Å². The van der Waals surface area contributed by atoms with E-state index in [0.717, 1.165) is 42.9 Å². The van der Waals surface area contributed by atoms with Gasteiger partial charge in [0.1, 0.15) is 51.3 Å². The molecular formula is C97H98Cl3F3N18O9. The van der Waals surface area contributed by atoms with Crippen molar-refractivity contribution in [3.8, 4) is 56.6 Å². The Kier molecular flexibility index (Phi) is 29.4. The van der Waals surface area contributed by atoms with Gasteiger partial charge in [-0.1, -0.05) is 119 Å². The molecule has 0 spiro atoms. The summed E-state index contributed by atoms with van der Waals surface area (Å²) >= 11 is 20.0. The molecule has 27 nitrogen and oxygen atoms in total. The fourth-order valence-electron chi connectivity index (χ4n) is 15.6. The van der Waals surface area contributed by atoms with Gasteiger partial charge in [0.2, 0.25) is 5.91 Å². The van der Waals surface area contributed by atoms with Crippen LogP contribution in [-0.2, 0) is 14.3 Å². The van der Waals surface area contributed by atoms with Gasteiger partial charge in [0.05, 0.1) is 103 Å². The standard InChI is InChI=1S/C33H34ClFN6O3.C31H28ClFN6O2.C24H18ClFN4O2.C9H18N2O2/c1-19(2)25-28(20(3)12-13-37-25)41-30-22(18-23(34)26(38-30)21-10-8-9-11-24(21)35)29(27(36-7)31(41)42)39-14-16-40(17-15-39)32(43)44-33(4,5)6;1-6-24(40)37-13-15-38(16-14-37)29-21-17-22(32)26(20-9-7-8-10-23(20)33)36-30(21)39(31(41)27(29)34-5)28-19(4)11-12-35-25(28)18(2)3;1-12(2)18-21(13(3)9-10-28-18)30-23-15(22(31)20(27-4)24(30)32)11-16(25)19(29-23)14-7-5-6-8-17(14)26;1-9(2,3)13-8(12)11-6-4-10-5-7-11/h8-13,18-19H,14-17H2,1-6H3;6-12,17-18H,1,13-16H2,2-4H3;5-12,31H,1-3H3;10H,4-7H2,1-3H3. The highest BCUT2D eigenvalue weighted by Gasteiger charge is 2.36. The van der Waals surface area contributed by atoms with Crippen LogP contribution in [0, 0.1) is 57.9 Å². The summed E-state index contributed by atoms with van der Waals surface area (Å²) < 4.78 is 59.4. The van der Waals surface area contributed by atoms with Crippen LogP contribution in [0.4, 0.5) is 51.2 Å². The third-order valence-electron chi connectivity index (χ3n) is 21.8. The zero-order valence-corrected chi connectivity index (χ0v) is 77.0. The second-order valence-electron chi connectivity index (χ2n) is 34.1. The molecule has 0 saturated carbocycles. The molecule has 130 heavy (non-hydrogen) atoms. The van der Waals surface area contributed by atoms with Gasteiger partial charge >= 0.3 is 12.2 Å². The Morgan fingerprint density at radius 3 is 1.07 bits per heavy atom. The Bertz CT molecular complexity index is 6780. The van der Waals surface area contributed by atoms with Crippen molar-refractivity contribution in [1.82, 2.24) is 63.6 Å². The number of piperazine rings is 3. The summed E-state index contributed by atoms with van der Waals surface area (Å²) in [5, 5.41) is 15.3. The zero-order chi connectivity index (χ0) is 94.4. The molecule has 0 bridgehead atoms. The number of benzene rings is 3. The first-order valence-corrected chi connectivity index (χ1v) is 43.3. The number of halogens is 6. The molecule has 33 heteroatoms. The topological polar surface area (TPSA) is 275 Å². The number of hydrogen-bond acceptors (Lipinski definition) is 18. The van der Waals surface area contributed by atoms with Crippen molar-refractivity contribution in [2.75, 3.05) is 88.3 Å². The highest BCUT2D eigenvalue weighted by Crippen LogP contribution is 2.45. The van der Waals surface area contributed by atoms with Crippen molar-refractivity contribution in [2.24, 2.45) is 0 Å². The molecule has 12 aromatic rings. The number of hydrogen-bond donors (Lipinski definition) is 2. The third kappa shape index (κ3) is 20.0. The summed E-state index contributed by atoms with van der Waals surface area (Å²) in [5.74, 6) is -2.38. The number of ether oxygens (including phenoxy) is 2. The summed E-state index contributed by atoms with van der Waals surface area (Å²) in [4.78, 5) is 126. The lowest BCUT2D eigenvalue weighted by atomic mass is 10.0. The molecule has 0 aliphatic carbocycles. The number of nitrogens with one attached hydrogen (secondary N) is 1. The Labute approximate surface area is 765 Å². The van der Waals surface area contributed by atoms with Gasteiger partial charge in [0, 0.05) is 125 Å². The number of aromatic hydroxyl groups is 1. The highest BCUT2D eigenvalue weighted by atomic mass is 35.5. The maximum atomic E-state index is 15.0. The number of pyridine rings is 9. The van der Waals surface area contributed by atoms with Crippen molar-refractivity contribution < 1.29 is 42.1 Å². The van der Waals surface area contributed by atoms with Crippen molar-refractivity contribution in [3.63, 3.8) is 0 Å². The number of rotatable bonds is 12. The number of fused-ring (bicyclic) bond motifs is 3. The number of aromatic nitrogens is 9. The lowest BCUT2D eigenvalue weighted by Gasteiger charge is -2.37. The normalized spacial score (nSPS) is 13.5. The SMILES string of the molecule is CC(C)(C)OC(=O)N1CCNCC1.[C-]#[N+]c1c(N2CCN(C(=O)C=C)CC2)c2cc(Cl)c(-c3ccccc3F)nc2n(-c2c(C)ccnc2C(C)C)c1=O.[C-]#[N+]c1c(N2CCN(C(=O)OC(C)(C)C)CC2)c2cc(Cl)c(-c3ccccc3F)nc2n(-c2c(C)ccnc2C(C)C)c1=O.[C-]#[N+]c1c(O)c2cc(Cl)c(-c3ccccc3F)nc2n(-c2c(C)ccnc2C(C)C)c1=O. The smallest absolute Gasteiger partial charge is 0.410 e. The first-order valence-electron chi connectivity index (χ1n) is 42.1. The maximum absolute atomic E-state index is 15.0. The molecule has 15 rings (SSSR count). The minimum atomic E-state index is -0.739. The largest absolute Gasteiger partial charge is 0.518 e. The van der Waals surface area contributed by atoms with E-state index in [0.29, 0.717) is 109 Å². The monoisotopic (exact) mass is 1820 g/mol. The van der Waals surface area contributed by atoms with Gasteiger partial charge in [0.15, 0.2) is 0 Å². The molecule has 672 valence electrons. The molecule has 2 N–H and O–H groups in total. The third-order valence-corrected chi connectivity index (χ3v) is 22.6. The van der Waals surface area contributed by atoms with Crippen LogP contribution in [-0.4, -0.2) is 171 Å². The van der Waals surface area contributed by atoms with Crippen molar-refractivity contribution >= 4 is 114 Å². The fourth-order valence-corrected chi connectivity index (χ4v) is 16.4. The number of nitrogens with zero attached hydrogens (tertiary/aromatic N) is 17. The Balaban J connectivity index is 0.000000166. The average molecular weight is 1820 g/mol. The first-order chi connectivity index (χ1) is 61.7. The van der Waals surface area contributed by atoms with E-state index in [2.05, 4.69) is 46.4 Å². The number of anilines is 2. The summed E-state index contributed by atoms with van der Waals surface area (Å²) in [6, 6.07) is 28.4. The van der Waals surface area contributed by atoms with E-state index in [1.807, 2.05) is 114 Å². The van der Waals surface area contributed by atoms with Crippen molar-refractivity contribution in [2.45, 2.75) is 133 Å². The molecule has 3 fully saturated rings. The summed E-state index contributed by atoms with van der Waals surface area (Å²) in [6.07, 6.45) is 5.67. The van der Waals surface area contributed by atoms with E-state index in [4.69, 9.17) is 74.0 Å². The number of carbonyl (C=O) groups is 3. The molecular weight excluding hydrogens is 1720 g/mol. The maximum Gasteiger partial charge on any atom is 0.410 e. The van der Waals surface area contributed by atoms with E-state index in [-0.39, 0.29) is 118 Å². The Morgan fingerprint density at radius 2 is 0.762 bits per heavy atom. The predicted octanol–water partition coefficient (Wildman–Crippen LogP) is 20.1. The lowest BCUT2D eigenvalue weighted by Crippen LogP contribution is -2.50. The highest BCUT2D eigenvalue weighted by molar-refractivity contribution is 6.35. The van der Waals surface area contributed by atoms with Gasteiger partial charge in [-0.05, 0) is 176 Å². The van der Waals surface area contributed by atoms with Crippen molar-refractivity contribution in [1.29, 1.82) is 0 Å². The minimum absolute atomic E-state index is 0.0447. The molecule has 3 amide bonds. The van der Waals surface area contributed by atoms with Crippen molar-refractivity contribution in [3.05, 3.63) is 272 Å². The summed E-state index contributed by atoms with van der Waals surface area (Å²) in [5.41, 5.74) is 4.53. The predicted molar refractivity (Wildman–Crippen MR) is 503 cm³/mol. The van der Waals surface area contributed by atoms with Crippen LogP contribution >= 0.6 is 34.8 Å². The van der Waals surface area contributed by atoms with Gasteiger partial charge in [-0.2, -0.15) is 0 Å². The molecule has 0 atom stereocenters. The second-order valence-corrected chi connectivity index (χ2v) is 35.3. The molecule has 3 aliphatic heterocycles. The van der Waals surface area contributed by atoms with Crippen LogP contribution in [0.25, 0.3) is 98.5 Å². The molecule has 3 saturated heterocycles. The van der Waals surface area contributed by atoms with E-state index in [1.165, 1.54) is 50.1 Å². The number of amides is 3. The number of aryl methyl sites for hydroxylation is 3. The Morgan fingerprint density at radius 1 is 0.462 bits per heavy atom. The molecule has 12 heterocycles. The fraction of sp³-hybridized carbons (Fsp3) is 0.330. The molecule has 9 aromatic heterocycles. The van der Waals surface area contributed by atoms with Gasteiger partial charge in [-0.25, -0.2) is 52.2 Å². The Hall–Kier alpha value is -13.6. The van der Waals surface area contributed by atoms with E-state index in [9.17, 15) is 42.7 Å². The minimum Gasteiger partial charge on any atom is -0.518 e. The molecule has 0 unspecified atom stereocenters.